The molecule has 0 saturated carbocycles. The number of benzene rings is 2. The van der Waals surface area contributed by atoms with Gasteiger partial charge in [0, 0.05) is 63.6 Å². The van der Waals surface area contributed by atoms with Crippen molar-refractivity contribution in [3.63, 3.8) is 0 Å². The van der Waals surface area contributed by atoms with E-state index in [2.05, 4.69) is 35.6 Å². The Labute approximate surface area is 401 Å². The number of alkyl carbamates (subject to hydrolysis) is 1. The lowest BCUT2D eigenvalue weighted by atomic mass is 9.82. The van der Waals surface area contributed by atoms with Crippen LogP contribution in [0.2, 0.25) is 25.7 Å². The third-order valence-corrected chi connectivity index (χ3v) is 12.0. The Morgan fingerprint density at radius 2 is 1.46 bits per heavy atom. The van der Waals surface area contributed by atoms with Gasteiger partial charge < -0.3 is 44.7 Å². The van der Waals surface area contributed by atoms with Gasteiger partial charge in [0.05, 0.1) is 12.6 Å². The molecule has 1 aromatic heterocycles. The molecular formula is C50H73F2N5O10Si. The second-order valence-corrected chi connectivity index (χ2v) is 26.8. The topological polar surface area (TPSA) is 195 Å². The second kappa shape index (κ2) is 24.6. The van der Waals surface area contributed by atoms with Crippen LogP contribution in [0, 0.1) is 17.0 Å². The molecule has 4 amide bonds. The van der Waals surface area contributed by atoms with Crippen molar-refractivity contribution in [3.05, 3.63) is 83.7 Å². The maximum Gasteiger partial charge on any atom is 0.407 e. The van der Waals surface area contributed by atoms with Gasteiger partial charge in [-0.05, 0) is 95.7 Å². The molecule has 376 valence electrons. The third-order valence-electron chi connectivity index (χ3n) is 10.3. The van der Waals surface area contributed by atoms with Gasteiger partial charge in [0.1, 0.15) is 41.5 Å². The van der Waals surface area contributed by atoms with Gasteiger partial charge in [-0.15, -0.1) is 0 Å². The van der Waals surface area contributed by atoms with Crippen molar-refractivity contribution in [2.75, 3.05) is 26.3 Å². The molecule has 3 atom stereocenters. The number of rotatable bonds is 22. The summed E-state index contributed by atoms with van der Waals surface area (Å²) in [5.41, 5.74) is -0.648. The van der Waals surface area contributed by atoms with Gasteiger partial charge in [-0.3, -0.25) is 19.2 Å². The minimum absolute atomic E-state index is 0.00849. The molecule has 4 N–H and O–H groups in total. The molecule has 68 heavy (non-hydrogen) atoms. The summed E-state index contributed by atoms with van der Waals surface area (Å²) in [6.07, 6.45) is 0.0246. The predicted molar refractivity (Wildman–Crippen MR) is 258 cm³/mol. The lowest BCUT2D eigenvalue weighted by molar-refractivity contribution is -0.160. The summed E-state index contributed by atoms with van der Waals surface area (Å²) in [6.45, 7) is 21.2. The lowest BCUT2D eigenvalue weighted by Crippen LogP contribution is -2.51. The standard InChI is InChI=1S/C50H73F2N5O10Si/c1-48(2,3)44(40-28-34(36-29-35(51)18-19-37(36)52)31-56(40)30-33-16-14-13-15-17-33)57(42(60)32-58)25-23-38(55-47(64)65-26-27-68(10,11)12)45(62)53-24-22-41(59)54-39(46(63)67-50(7,8)9)20-21-43(61)66-49(4,5)6/h13-19,28-29,31,38-39,44,58H,20-27,30,32H2,1-12H3,(H,53,62)(H,54,59)(H,55,64). The third kappa shape index (κ3) is 19.5. The van der Waals surface area contributed by atoms with Crippen LogP contribution in [0.4, 0.5) is 13.6 Å². The van der Waals surface area contributed by atoms with Crippen molar-refractivity contribution >= 4 is 43.8 Å². The molecule has 0 bridgehead atoms. The zero-order valence-electron chi connectivity index (χ0n) is 41.8. The van der Waals surface area contributed by atoms with Gasteiger partial charge in [0.15, 0.2) is 0 Å². The van der Waals surface area contributed by atoms with Crippen LogP contribution < -0.4 is 16.0 Å². The molecule has 0 fully saturated rings. The molecule has 0 aliphatic rings. The largest absolute Gasteiger partial charge is 0.460 e. The van der Waals surface area contributed by atoms with E-state index in [0.717, 1.165) is 23.8 Å². The van der Waals surface area contributed by atoms with Crippen molar-refractivity contribution in [1.29, 1.82) is 0 Å². The first-order chi connectivity index (χ1) is 31.5. The maximum atomic E-state index is 15.3. The molecular weight excluding hydrogens is 897 g/mol. The highest BCUT2D eigenvalue weighted by molar-refractivity contribution is 6.76. The van der Waals surface area contributed by atoms with Gasteiger partial charge in [0.2, 0.25) is 17.7 Å². The fourth-order valence-electron chi connectivity index (χ4n) is 7.24. The summed E-state index contributed by atoms with van der Waals surface area (Å²) in [7, 11) is -1.61. The predicted octanol–water partition coefficient (Wildman–Crippen LogP) is 7.67. The quantitative estimate of drug-likeness (QED) is 0.0441. The van der Waals surface area contributed by atoms with Gasteiger partial charge in [0.25, 0.3) is 0 Å². The molecule has 2 aromatic carbocycles. The summed E-state index contributed by atoms with van der Waals surface area (Å²) in [6, 6.07) is 11.6. The van der Waals surface area contributed by atoms with Crippen molar-refractivity contribution < 1.29 is 56.9 Å². The number of amides is 4. The van der Waals surface area contributed by atoms with Gasteiger partial charge >= 0.3 is 18.0 Å². The number of hydrogen-bond acceptors (Lipinski definition) is 10. The number of ether oxygens (including phenoxy) is 3. The number of carbonyl (C=O) groups is 6. The normalized spacial score (nSPS) is 13.4. The first-order valence-corrected chi connectivity index (χ1v) is 26.7. The van der Waals surface area contributed by atoms with Crippen LogP contribution in [-0.4, -0.2) is 108 Å². The number of aliphatic hydroxyl groups is 1. The Kier molecular flexibility index (Phi) is 20.5. The molecule has 0 aliphatic heterocycles. The number of nitrogens with zero attached hydrogens (tertiary/aromatic N) is 2. The summed E-state index contributed by atoms with van der Waals surface area (Å²) in [4.78, 5) is 81.4. The van der Waals surface area contributed by atoms with Crippen LogP contribution in [0.15, 0.2) is 60.8 Å². The van der Waals surface area contributed by atoms with Crippen molar-refractivity contribution in [2.24, 2.45) is 5.41 Å². The highest BCUT2D eigenvalue weighted by atomic mass is 28.3. The van der Waals surface area contributed by atoms with Gasteiger partial charge in [-0.1, -0.05) is 70.7 Å². The summed E-state index contributed by atoms with van der Waals surface area (Å²) in [5, 5.41) is 18.3. The van der Waals surface area contributed by atoms with E-state index in [-0.39, 0.29) is 57.5 Å². The molecule has 0 radical (unpaired) electrons. The number of aromatic nitrogens is 1. The van der Waals surface area contributed by atoms with Crippen LogP contribution >= 0.6 is 0 Å². The van der Waals surface area contributed by atoms with E-state index in [1.165, 1.54) is 4.90 Å². The molecule has 3 rings (SSSR count). The average Bonchev–Trinajstić information content (AvgIpc) is 3.60. The average molecular weight is 970 g/mol. The smallest absolute Gasteiger partial charge is 0.407 e. The first-order valence-electron chi connectivity index (χ1n) is 23.0. The van der Waals surface area contributed by atoms with Crippen LogP contribution in [0.3, 0.4) is 0 Å². The maximum absolute atomic E-state index is 15.3. The molecule has 3 aromatic rings. The number of carbonyl (C=O) groups excluding carboxylic acids is 6. The molecule has 3 unspecified atom stereocenters. The van der Waals surface area contributed by atoms with Crippen LogP contribution in [-0.2, 0) is 44.7 Å². The molecule has 0 aliphatic carbocycles. The number of nitrogens with one attached hydrogen (secondary N) is 3. The monoisotopic (exact) mass is 970 g/mol. The van der Waals surface area contributed by atoms with Crippen molar-refractivity contribution in [3.8, 4) is 11.1 Å². The van der Waals surface area contributed by atoms with Crippen LogP contribution in [0.1, 0.15) is 105 Å². The number of hydrogen-bond donors (Lipinski definition) is 4. The van der Waals surface area contributed by atoms with E-state index >= 15 is 4.39 Å². The van der Waals surface area contributed by atoms with Crippen molar-refractivity contribution in [1.82, 2.24) is 25.4 Å². The number of esters is 2. The highest BCUT2D eigenvalue weighted by Crippen LogP contribution is 2.41. The SMILES string of the molecule is CC(C)(C)OC(=O)CCC(NC(=O)CCNC(=O)C(CCN(C(=O)CO)C(c1cc(-c2cc(F)ccc2F)cn1Cc1ccccc1)C(C)(C)C)NC(=O)OCC[Si](C)(C)C)C(=O)OC(C)(C)C. The van der Waals surface area contributed by atoms with E-state index in [4.69, 9.17) is 14.2 Å². The molecule has 0 saturated heterocycles. The first kappa shape index (κ1) is 56.7. The van der Waals surface area contributed by atoms with Crippen LogP contribution in [0.25, 0.3) is 11.1 Å². The lowest BCUT2D eigenvalue weighted by Gasteiger charge is -2.41. The molecule has 18 heteroatoms. The van der Waals surface area contributed by atoms with E-state index in [1.807, 2.05) is 55.7 Å². The van der Waals surface area contributed by atoms with E-state index in [1.54, 1.807) is 53.8 Å². The summed E-state index contributed by atoms with van der Waals surface area (Å²) >= 11 is 0. The Hall–Kier alpha value is -5.62. The Bertz CT molecular complexity index is 2190. The van der Waals surface area contributed by atoms with E-state index in [9.17, 15) is 38.3 Å². The number of aliphatic hydroxyl groups excluding tert-OH is 1. The van der Waals surface area contributed by atoms with Gasteiger partial charge in [-0.2, -0.15) is 0 Å². The second-order valence-electron chi connectivity index (χ2n) is 21.2. The highest BCUT2D eigenvalue weighted by Gasteiger charge is 2.38. The summed E-state index contributed by atoms with van der Waals surface area (Å²) < 4.78 is 48.0. The fourth-order valence-corrected chi connectivity index (χ4v) is 7.95. The fraction of sp³-hybridized carbons (Fsp3) is 0.560. The Balaban J connectivity index is 1.94. The van der Waals surface area contributed by atoms with E-state index in [0.29, 0.717) is 17.3 Å². The number of halogens is 2. The molecule has 15 nitrogen and oxygen atoms in total. The minimum atomic E-state index is -1.61. The zero-order valence-corrected chi connectivity index (χ0v) is 42.8. The Morgan fingerprint density at radius 3 is 2.04 bits per heavy atom. The van der Waals surface area contributed by atoms with E-state index < -0.39 is 96.8 Å². The Morgan fingerprint density at radius 1 is 0.809 bits per heavy atom. The summed E-state index contributed by atoms with van der Waals surface area (Å²) in [5.74, 6) is -4.66. The minimum Gasteiger partial charge on any atom is -0.460 e. The molecule has 0 spiro atoms. The van der Waals surface area contributed by atoms with Crippen LogP contribution in [0.5, 0.6) is 0 Å². The van der Waals surface area contributed by atoms with Gasteiger partial charge in [-0.25, -0.2) is 18.4 Å². The molecule has 1 heterocycles. The zero-order chi connectivity index (χ0) is 51.2. The van der Waals surface area contributed by atoms with Crippen molar-refractivity contribution in [2.45, 2.75) is 150 Å².